The zero-order valence-corrected chi connectivity index (χ0v) is 12.2. The van der Waals surface area contributed by atoms with Gasteiger partial charge in [-0.15, -0.1) is 0 Å². The molecule has 17 heavy (non-hydrogen) atoms. The van der Waals surface area contributed by atoms with Crippen LogP contribution >= 0.6 is 0 Å². The highest BCUT2D eigenvalue weighted by molar-refractivity contribution is 7.89. The normalized spacial score (nSPS) is 26.9. The first-order chi connectivity index (χ1) is 7.86. The molecule has 0 radical (unpaired) electrons. The van der Waals surface area contributed by atoms with Gasteiger partial charge in [0.15, 0.2) is 0 Å². The molecular weight excluding hydrogens is 238 g/mol. The van der Waals surface area contributed by atoms with E-state index in [-0.39, 0.29) is 17.9 Å². The van der Waals surface area contributed by atoms with E-state index in [0.717, 1.165) is 12.8 Å². The minimum absolute atomic E-state index is 0.0877. The molecule has 5 heteroatoms. The van der Waals surface area contributed by atoms with Crippen molar-refractivity contribution in [2.24, 2.45) is 5.92 Å². The molecule has 102 valence electrons. The Bertz CT molecular complexity index is 327. The zero-order valence-electron chi connectivity index (χ0n) is 11.3. The number of hydrogen-bond acceptors (Lipinski definition) is 3. The second-order valence-electron chi connectivity index (χ2n) is 5.21. The minimum Gasteiger partial charge on any atom is -0.378 e. The SMILES string of the molecule is CC[C@@H]1C[C@@H](C)CN1S(=O)(=O)CCOC(C)C. The molecule has 0 unspecified atom stereocenters. The van der Waals surface area contributed by atoms with Crippen molar-refractivity contribution in [3.05, 3.63) is 0 Å². The summed E-state index contributed by atoms with van der Waals surface area (Å²) in [4.78, 5) is 0. The molecule has 0 aromatic carbocycles. The molecule has 2 atom stereocenters. The molecule has 1 fully saturated rings. The highest BCUT2D eigenvalue weighted by Crippen LogP contribution is 2.27. The first-order valence-corrected chi connectivity index (χ1v) is 8.08. The largest absolute Gasteiger partial charge is 0.378 e. The number of sulfonamides is 1. The van der Waals surface area contributed by atoms with Crippen LogP contribution in [0.3, 0.4) is 0 Å². The van der Waals surface area contributed by atoms with Crippen LogP contribution in [0.1, 0.15) is 40.5 Å². The summed E-state index contributed by atoms with van der Waals surface area (Å²) in [5.41, 5.74) is 0. The first kappa shape index (κ1) is 14.9. The van der Waals surface area contributed by atoms with Gasteiger partial charge in [0.25, 0.3) is 0 Å². The van der Waals surface area contributed by atoms with Crippen LogP contribution < -0.4 is 0 Å². The molecule has 1 aliphatic rings. The summed E-state index contributed by atoms with van der Waals surface area (Å²) < 4.78 is 31.4. The van der Waals surface area contributed by atoms with Gasteiger partial charge in [0.05, 0.1) is 18.5 Å². The van der Waals surface area contributed by atoms with Gasteiger partial charge in [-0.1, -0.05) is 13.8 Å². The van der Waals surface area contributed by atoms with Crippen molar-refractivity contribution >= 4 is 10.0 Å². The minimum atomic E-state index is -3.14. The highest BCUT2D eigenvalue weighted by Gasteiger charge is 2.36. The van der Waals surface area contributed by atoms with Gasteiger partial charge in [-0.2, -0.15) is 4.31 Å². The van der Waals surface area contributed by atoms with Crippen LogP contribution in [-0.4, -0.2) is 43.8 Å². The van der Waals surface area contributed by atoms with Crippen LogP contribution in [0.25, 0.3) is 0 Å². The molecule has 1 rings (SSSR count). The summed E-state index contributed by atoms with van der Waals surface area (Å²) in [6, 6.07) is 0.189. The van der Waals surface area contributed by atoms with Crippen LogP contribution in [-0.2, 0) is 14.8 Å². The van der Waals surface area contributed by atoms with Crippen LogP contribution in [0.4, 0.5) is 0 Å². The van der Waals surface area contributed by atoms with Gasteiger partial charge in [0, 0.05) is 12.6 Å². The standard InChI is InChI=1S/C12H25NO3S/c1-5-12-8-11(4)9-13(12)17(14,15)7-6-16-10(2)3/h10-12H,5-9H2,1-4H3/t11-,12-/m1/s1. The molecule has 4 nitrogen and oxygen atoms in total. The van der Waals surface area contributed by atoms with Crippen LogP contribution in [0.15, 0.2) is 0 Å². The first-order valence-electron chi connectivity index (χ1n) is 6.48. The Balaban J connectivity index is 2.57. The summed E-state index contributed by atoms with van der Waals surface area (Å²) in [6.45, 7) is 8.96. The van der Waals surface area contributed by atoms with E-state index in [9.17, 15) is 8.42 Å². The Morgan fingerprint density at radius 3 is 2.59 bits per heavy atom. The maximum Gasteiger partial charge on any atom is 0.216 e. The monoisotopic (exact) mass is 263 g/mol. The Labute approximate surface area is 105 Å². The number of rotatable bonds is 6. The van der Waals surface area contributed by atoms with E-state index >= 15 is 0 Å². The van der Waals surface area contributed by atoms with Crippen molar-refractivity contribution in [3.63, 3.8) is 0 Å². The Kier molecular flexibility index (Phi) is 5.41. The summed E-state index contributed by atoms with van der Waals surface area (Å²) >= 11 is 0. The molecule has 1 heterocycles. The Hall–Kier alpha value is -0.130. The van der Waals surface area contributed by atoms with Crippen LogP contribution in [0, 0.1) is 5.92 Å². The predicted octanol–water partition coefficient (Wildman–Crippen LogP) is 1.86. The molecule has 0 aromatic heterocycles. The fraction of sp³-hybridized carbons (Fsp3) is 1.00. The van der Waals surface area contributed by atoms with Gasteiger partial charge in [-0.05, 0) is 32.6 Å². The van der Waals surface area contributed by atoms with Gasteiger partial charge in [-0.3, -0.25) is 0 Å². The van der Waals surface area contributed by atoms with E-state index < -0.39 is 10.0 Å². The number of nitrogens with zero attached hydrogens (tertiary/aromatic N) is 1. The Morgan fingerprint density at radius 1 is 1.41 bits per heavy atom. The van der Waals surface area contributed by atoms with E-state index in [0.29, 0.717) is 19.1 Å². The molecule has 0 N–H and O–H groups in total. The van der Waals surface area contributed by atoms with E-state index in [1.54, 1.807) is 4.31 Å². The molecule has 0 spiro atoms. The van der Waals surface area contributed by atoms with Crippen LogP contribution in [0.2, 0.25) is 0 Å². The molecule has 0 aliphatic carbocycles. The third-order valence-electron chi connectivity index (χ3n) is 3.19. The van der Waals surface area contributed by atoms with Crippen molar-refractivity contribution in [1.29, 1.82) is 0 Å². The maximum absolute atomic E-state index is 12.2. The maximum atomic E-state index is 12.2. The molecular formula is C12H25NO3S. The van der Waals surface area contributed by atoms with Crippen molar-refractivity contribution in [1.82, 2.24) is 4.31 Å². The van der Waals surface area contributed by atoms with E-state index in [2.05, 4.69) is 13.8 Å². The summed E-state index contributed by atoms with van der Waals surface area (Å²) in [5, 5.41) is 0. The average Bonchev–Trinajstić information content (AvgIpc) is 2.59. The summed E-state index contributed by atoms with van der Waals surface area (Å²) in [6.07, 6.45) is 1.97. The number of hydrogen-bond donors (Lipinski definition) is 0. The lowest BCUT2D eigenvalue weighted by atomic mass is 10.1. The van der Waals surface area contributed by atoms with Crippen molar-refractivity contribution < 1.29 is 13.2 Å². The molecule has 0 amide bonds. The highest BCUT2D eigenvalue weighted by atomic mass is 32.2. The molecule has 0 bridgehead atoms. The van der Waals surface area contributed by atoms with Gasteiger partial charge >= 0.3 is 0 Å². The third-order valence-corrected chi connectivity index (χ3v) is 5.04. The lowest BCUT2D eigenvalue weighted by Crippen LogP contribution is -2.38. The van der Waals surface area contributed by atoms with Gasteiger partial charge in [-0.25, -0.2) is 8.42 Å². The fourth-order valence-corrected chi connectivity index (χ4v) is 4.04. The lowest BCUT2D eigenvalue weighted by Gasteiger charge is -2.23. The van der Waals surface area contributed by atoms with Crippen molar-refractivity contribution in [2.45, 2.75) is 52.7 Å². The zero-order chi connectivity index (χ0) is 13.1. The topological polar surface area (TPSA) is 46.6 Å². The summed E-state index contributed by atoms with van der Waals surface area (Å²) in [7, 11) is -3.14. The van der Waals surface area contributed by atoms with Gasteiger partial charge in [0.2, 0.25) is 10.0 Å². The van der Waals surface area contributed by atoms with E-state index in [1.165, 1.54) is 0 Å². The van der Waals surface area contributed by atoms with Gasteiger partial charge < -0.3 is 4.74 Å². The third kappa shape index (κ3) is 4.23. The molecule has 0 aromatic rings. The quantitative estimate of drug-likeness (QED) is 0.735. The van der Waals surface area contributed by atoms with E-state index in [1.807, 2.05) is 13.8 Å². The smallest absolute Gasteiger partial charge is 0.216 e. The second kappa shape index (κ2) is 6.16. The van der Waals surface area contributed by atoms with Crippen molar-refractivity contribution in [3.8, 4) is 0 Å². The van der Waals surface area contributed by atoms with Gasteiger partial charge in [0.1, 0.15) is 0 Å². The Morgan fingerprint density at radius 2 is 2.06 bits per heavy atom. The van der Waals surface area contributed by atoms with Crippen LogP contribution in [0.5, 0.6) is 0 Å². The molecule has 1 saturated heterocycles. The second-order valence-corrected chi connectivity index (χ2v) is 7.25. The lowest BCUT2D eigenvalue weighted by molar-refractivity contribution is 0.0906. The van der Waals surface area contributed by atoms with E-state index in [4.69, 9.17) is 4.74 Å². The fourth-order valence-electron chi connectivity index (χ4n) is 2.33. The number of ether oxygens (including phenoxy) is 1. The predicted molar refractivity (Wildman–Crippen MR) is 69.4 cm³/mol. The van der Waals surface area contributed by atoms with Crippen molar-refractivity contribution in [2.75, 3.05) is 18.9 Å². The summed E-state index contributed by atoms with van der Waals surface area (Å²) in [5.74, 6) is 0.578. The molecule has 0 saturated carbocycles. The molecule has 1 aliphatic heterocycles. The average molecular weight is 263 g/mol.